The summed E-state index contributed by atoms with van der Waals surface area (Å²) in [5.41, 5.74) is -1.54. The van der Waals surface area contributed by atoms with Crippen molar-refractivity contribution < 1.29 is 32.2 Å². The summed E-state index contributed by atoms with van der Waals surface area (Å²) in [6.45, 7) is 1.97. The summed E-state index contributed by atoms with van der Waals surface area (Å²) in [5.74, 6) is -1.41. The Morgan fingerprint density at radius 2 is 1.94 bits per heavy atom. The van der Waals surface area contributed by atoms with E-state index in [4.69, 9.17) is 4.42 Å². The van der Waals surface area contributed by atoms with Crippen LogP contribution in [0.5, 0.6) is 0 Å². The molecule has 0 bridgehead atoms. The van der Waals surface area contributed by atoms with Crippen LogP contribution in [0.3, 0.4) is 0 Å². The number of anilines is 1. The average molecular weight is 451 g/mol. The van der Waals surface area contributed by atoms with E-state index in [0.717, 1.165) is 0 Å². The molecule has 0 radical (unpaired) electrons. The van der Waals surface area contributed by atoms with E-state index in [2.05, 4.69) is 15.0 Å². The molecule has 4 N–H and O–H groups in total. The molecule has 1 aromatic carbocycles. The Morgan fingerprint density at radius 1 is 1.29 bits per heavy atom. The Balaban J connectivity index is 2.36. The zero-order valence-electron chi connectivity index (χ0n) is 17.1. The van der Waals surface area contributed by atoms with Crippen LogP contribution >= 0.6 is 0 Å². The fraction of sp³-hybridized carbons (Fsp3) is 0.300. The van der Waals surface area contributed by atoms with Gasteiger partial charge in [0, 0.05) is 18.2 Å². The van der Waals surface area contributed by atoms with E-state index in [1.807, 2.05) is 0 Å². The number of halogens is 1. The van der Waals surface area contributed by atoms with Gasteiger partial charge in [-0.2, -0.15) is 4.98 Å². The quantitative estimate of drug-likeness (QED) is 0.430. The number of nitrogens with zero attached hydrogens (tertiary/aromatic N) is 1. The van der Waals surface area contributed by atoms with Gasteiger partial charge in [0.1, 0.15) is 23.0 Å². The summed E-state index contributed by atoms with van der Waals surface area (Å²) >= 11 is 0. The molecule has 0 aliphatic rings. The fourth-order valence-corrected chi connectivity index (χ4v) is 3.57. The number of hydrogen-bond donors (Lipinski definition) is 4. The van der Waals surface area contributed by atoms with Gasteiger partial charge < -0.3 is 19.9 Å². The lowest BCUT2D eigenvalue weighted by atomic mass is 9.95. The Labute approximate surface area is 178 Å². The molecule has 9 nitrogen and oxygen atoms in total. The molecule has 166 valence electrons. The summed E-state index contributed by atoms with van der Waals surface area (Å²) in [6.07, 6.45) is 0. The molecule has 0 saturated heterocycles. The fourth-order valence-electron chi connectivity index (χ4n) is 2.97. The Hall–Kier alpha value is -3.02. The van der Waals surface area contributed by atoms with Crippen LogP contribution in [-0.2, 0) is 15.6 Å². The molecule has 1 atom stereocenters. The van der Waals surface area contributed by atoms with Gasteiger partial charge in [-0.3, -0.25) is 9.52 Å². The molecule has 0 spiro atoms. The highest BCUT2D eigenvalue weighted by Gasteiger charge is 2.31. The lowest BCUT2D eigenvalue weighted by Crippen LogP contribution is -2.29. The summed E-state index contributed by atoms with van der Waals surface area (Å²) in [7, 11) is -2.37. The topological polar surface area (TPSA) is 142 Å². The van der Waals surface area contributed by atoms with Crippen molar-refractivity contribution in [3.05, 3.63) is 47.3 Å². The van der Waals surface area contributed by atoms with Gasteiger partial charge in [0.2, 0.25) is 15.7 Å². The highest BCUT2D eigenvalue weighted by Crippen LogP contribution is 2.37. The second-order valence-corrected chi connectivity index (χ2v) is 9.08. The van der Waals surface area contributed by atoms with E-state index in [-0.39, 0.29) is 39.6 Å². The molecule has 2 aromatic heterocycles. The minimum Gasteiger partial charge on any atom is -0.437 e. The van der Waals surface area contributed by atoms with Crippen molar-refractivity contribution in [2.75, 3.05) is 24.1 Å². The van der Waals surface area contributed by atoms with Gasteiger partial charge in [-0.05, 0) is 44.2 Å². The summed E-state index contributed by atoms with van der Waals surface area (Å²) in [5, 5.41) is 23.0. The lowest BCUT2D eigenvalue weighted by Gasteiger charge is -2.23. The third kappa shape index (κ3) is 4.38. The smallest absolute Gasteiger partial charge is 0.255 e. The van der Waals surface area contributed by atoms with Crippen molar-refractivity contribution in [1.82, 2.24) is 10.3 Å². The summed E-state index contributed by atoms with van der Waals surface area (Å²) < 4.78 is 45.6. The van der Waals surface area contributed by atoms with Crippen molar-refractivity contribution in [3.8, 4) is 11.3 Å². The van der Waals surface area contributed by atoms with E-state index in [0.29, 0.717) is 5.56 Å². The van der Waals surface area contributed by atoms with E-state index in [1.54, 1.807) is 0 Å². The second-order valence-electron chi connectivity index (χ2n) is 7.07. The molecule has 0 aliphatic heterocycles. The number of furan rings is 1. The summed E-state index contributed by atoms with van der Waals surface area (Å²) in [4.78, 5) is 16.8. The van der Waals surface area contributed by atoms with Gasteiger partial charge in [-0.1, -0.05) is 0 Å². The van der Waals surface area contributed by atoms with Gasteiger partial charge in [0.05, 0.1) is 23.3 Å². The number of pyridine rings is 1. The first-order chi connectivity index (χ1) is 14.5. The van der Waals surface area contributed by atoms with Crippen molar-refractivity contribution in [3.63, 3.8) is 0 Å². The number of fused-ring (bicyclic) bond motifs is 1. The maximum absolute atomic E-state index is 13.4. The Morgan fingerprint density at radius 3 is 2.48 bits per heavy atom. The van der Waals surface area contributed by atoms with Crippen molar-refractivity contribution in [2.24, 2.45) is 0 Å². The first-order valence-corrected chi connectivity index (χ1v) is 11.0. The van der Waals surface area contributed by atoms with Gasteiger partial charge in [0.15, 0.2) is 0 Å². The third-order valence-corrected chi connectivity index (χ3v) is 6.03. The maximum atomic E-state index is 13.4. The van der Waals surface area contributed by atoms with Crippen LogP contribution in [-0.4, -0.2) is 48.9 Å². The van der Waals surface area contributed by atoms with Crippen LogP contribution in [0.25, 0.3) is 22.4 Å². The van der Waals surface area contributed by atoms with Crippen molar-refractivity contribution in [2.45, 2.75) is 19.4 Å². The molecule has 3 aromatic rings. The SMILES string of the molecule is CCS(=O)(=O)Nc1nc2oc(-c3ccc(F)cc3)c(C(=O)NC)c2cc1C(C)(O)CO. The van der Waals surface area contributed by atoms with Crippen LogP contribution in [0.15, 0.2) is 34.7 Å². The van der Waals surface area contributed by atoms with Crippen LogP contribution in [0, 0.1) is 5.82 Å². The molecule has 3 rings (SSSR count). The number of aliphatic hydroxyl groups excluding tert-OH is 1. The third-order valence-electron chi connectivity index (χ3n) is 4.76. The standard InChI is InChI=1S/C20H22FN3O6S/c1-4-31(28,29)24-17-14(20(2,27)10-25)9-13-15(18(26)22-3)16(30-19(13)23-17)11-5-7-12(21)8-6-11/h5-9,25,27H,4,10H2,1-3H3,(H,22,26)(H,23,24). The molecule has 1 unspecified atom stereocenters. The number of rotatable bonds is 7. The highest BCUT2D eigenvalue weighted by atomic mass is 32.2. The molecule has 11 heteroatoms. The van der Waals surface area contributed by atoms with Crippen LogP contribution in [0.2, 0.25) is 0 Å². The lowest BCUT2D eigenvalue weighted by molar-refractivity contribution is -0.00176. The molecule has 31 heavy (non-hydrogen) atoms. The zero-order chi connectivity index (χ0) is 23.0. The van der Waals surface area contributed by atoms with Crippen LogP contribution in [0.4, 0.5) is 10.2 Å². The first-order valence-electron chi connectivity index (χ1n) is 9.32. The minimum atomic E-state index is -3.78. The van der Waals surface area contributed by atoms with Gasteiger partial charge in [-0.15, -0.1) is 0 Å². The number of hydrogen-bond acceptors (Lipinski definition) is 7. The first kappa shape index (κ1) is 22.7. The van der Waals surface area contributed by atoms with Crippen LogP contribution in [0.1, 0.15) is 29.8 Å². The van der Waals surface area contributed by atoms with Crippen LogP contribution < -0.4 is 10.0 Å². The number of carbonyl (C=O) groups excluding carboxylic acids is 1. The molecule has 0 aliphatic carbocycles. The van der Waals surface area contributed by atoms with Crippen molar-refractivity contribution >= 4 is 32.8 Å². The van der Waals surface area contributed by atoms with E-state index in [9.17, 15) is 27.8 Å². The molecule has 0 fully saturated rings. The molecule has 2 heterocycles. The number of amides is 1. The maximum Gasteiger partial charge on any atom is 0.255 e. The molecular formula is C20H22FN3O6S. The molecule has 1 amide bonds. The van der Waals surface area contributed by atoms with E-state index < -0.39 is 34.0 Å². The minimum absolute atomic E-state index is 0.0452. The Bertz CT molecular complexity index is 1240. The molecule has 0 saturated carbocycles. The predicted molar refractivity (Wildman–Crippen MR) is 113 cm³/mol. The predicted octanol–water partition coefficient (Wildman–Crippen LogP) is 1.95. The highest BCUT2D eigenvalue weighted by molar-refractivity contribution is 7.92. The molecular weight excluding hydrogens is 429 g/mol. The van der Waals surface area contributed by atoms with Gasteiger partial charge >= 0.3 is 0 Å². The summed E-state index contributed by atoms with van der Waals surface area (Å²) in [6, 6.07) is 6.59. The van der Waals surface area contributed by atoms with Gasteiger partial charge in [-0.25, -0.2) is 12.8 Å². The number of aromatic nitrogens is 1. The number of carbonyl (C=O) groups is 1. The van der Waals surface area contributed by atoms with Crippen molar-refractivity contribution in [1.29, 1.82) is 0 Å². The zero-order valence-corrected chi connectivity index (χ0v) is 17.9. The van der Waals surface area contributed by atoms with E-state index in [1.165, 1.54) is 51.2 Å². The number of nitrogens with one attached hydrogen (secondary N) is 2. The van der Waals surface area contributed by atoms with E-state index >= 15 is 0 Å². The normalized spacial score (nSPS) is 13.7. The number of benzene rings is 1. The Kier molecular flexibility index (Phi) is 6.03. The number of aliphatic hydroxyl groups is 2. The average Bonchev–Trinajstić information content (AvgIpc) is 3.11. The monoisotopic (exact) mass is 451 g/mol. The largest absolute Gasteiger partial charge is 0.437 e. The van der Waals surface area contributed by atoms with Gasteiger partial charge in [0.25, 0.3) is 5.91 Å². The second kappa shape index (κ2) is 8.25. The number of sulfonamides is 1.